The lowest BCUT2D eigenvalue weighted by Gasteiger charge is -2.07. The van der Waals surface area contributed by atoms with E-state index < -0.39 is 0 Å². The Morgan fingerprint density at radius 1 is 1.20 bits per heavy atom. The lowest BCUT2D eigenvalue weighted by Crippen LogP contribution is -2.04. The fourth-order valence-electron chi connectivity index (χ4n) is 1.61. The van der Waals surface area contributed by atoms with Crippen LogP contribution in [-0.4, -0.2) is 24.1 Å². The minimum absolute atomic E-state index is 0.194. The van der Waals surface area contributed by atoms with Crippen LogP contribution >= 0.6 is 0 Å². The molecule has 4 heteroatoms. The van der Waals surface area contributed by atoms with Gasteiger partial charge in [-0.05, 0) is 39.0 Å². The van der Waals surface area contributed by atoms with Gasteiger partial charge in [-0.25, -0.2) is 0 Å². The first-order chi connectivity index (χ1) is 9.45. The second kappa shape index (κ2) is 7.28. The van der Waals surface area contributed by atoms with E-state index in [1.54, 1.807) is 25.4 Å². The average Bonchev–Trinajstić information content (AvgIpc) is 2.38. The fraction of sp³-hybridized carbons (Fsp3) is 0.250. The zero-order valence-electron chi connectivity index (χ0n) is 12.4. The number of hydrogen-bond acceptors (Lipinski definition) is 4. The first-order valence-electron chi connectivity index (χ1n) is 6.36. The summed E-state index contributed by atoms with van der Waals surface area (Å²) < 4.78 is 0. The van der Waals surface area contributed by atoms with Crippen molar-refractivity contribution in [3.63, 3.8) is 0 Å². The number of nitrogens with zero attached hydrogens (tertiary/aromatic N) is 2. The van der Waals surface area contributed by atoms with Crippen LogP contribution < -0.4 is 5.73 Å². The Morgan fingerprint density at radius 3 is 2.40 bits per heavy atom. The van der Waals surface area contributed by atoms with Gasteiger partial charge >= 0.3 is 0 Å². The van der Waals surface area contributed by atoms with Crippen LogP contribution in [0.4, 0.5) is 0 Å². The van der Waals surface area contributed by atoms with Crippen LogP contribution in [-0.2, 0) is 0 Å². The number of aromatic hydroxyl groups is 1. The molecule has 20 heavy (non-hydrogen) atoms. The van der Waals surface area contributed by atoms with E-state index in [2.05, 4.69) is 9.98 Å². The van der Waals surface area contributed by atoms with Crippen molar-refractivity contribution in [2.75, 3.05) is 7.05 Å². The predicted octanol–water partition coefficient (Wildman–Crippen LogP) is 3.04. The van der Waals surface area contributed by atoms with Gasteiger partial charge in [-0.2, -0.15) is 0 Å². The lowest BCUT2D eigenvalue weighted by molar-refractivity contribution is 0.474. The highest BCUT2D eigenvalue weighted by Gasteiger charge is 2.07. The van der Waals surface area contributed by atoms with Crippen LogP contribution in [0.2, 0.25) is 0 Å². The van der Waals surface area contributed by atoms with Crippen LogP contribution in [0, 0.1) is 0 Å². The number of aliphatic imine (C=N–C) groups is 2. The first-order valence-corrected chi connectivity index (χ1v) is 6.36. The standard InChI is InChI=1S/C16H21N3O/c1-11(2)9-15(13-7-5-6-8-16(13)20)19-12(3)14(17)10-18-4/h5-10,20H,17H2,1-4H3/b14-12-,18-10?,19-15?. The molecule has 0 radical (unpaired) electrons. The Hall–Kier alpha value is -2.36. The summed E-state index contributed by atoms with van der Waals surface area (Å²) in [6, 6.07) is 7.10. The summed E-state index contributed by atoms with van der Waals surface area (Å²) in [5.74, 6) is 0.194. The molecule has 1 aromatic carbocycles. The SMILES string of the molecule is CN=C/C(N)=C(\C)N=C(C=C(C)C)c1ccccc1O. The minimum atomic E-state index is 0.194. The van der Waals surface area contributed by atoms with E-state index in [0.717, 1.165) is 5.57 Å². The van der Waals surface area contributed by atoms with E-state index in [4.69, 9.17) is 5.73 Å². The molecule has 0 amide bonds. The van der Waals surface area contributed by atoms with Crippen LogP contribution in [0.15, 0.2) is 57.3 Å². The summed E-state index contributed by atoms with van der Waals surface area (Å²) >= 11 is 0. The van der Waals surface area contributed by atoms with Gasteiger partial charge in [0.25, 0.3) is 0 Å². The Labute approximate surface area is 120 Å². The number of phenols is 1. The minimum Gasteiger partial charge on any atom is -0.507 e. The molecule has 3 N–H and O–H groups in total. The smallest absolute Gasteiger partial charge is 0.124 e. The van der Waals surface area contributed by atoms with Gasteiger partial charge in [0.2, 0.25) is 0 Å². The first kappa shape index (κ1) is 15.7. The molecule has 0 aromatic heterocycles. The number of rotatable bonds is 4. The number of phenolic OH excluding ortho intramolecular Hbond substituents is 1. The Morgan fingerprint density at radius 2 is 1.85 bits per heavy atom. The zero-order valence-corrected chi connectivity index (χ0v) is 12.4. The molecule has 0 aliphatic rings. The number of allylic oxidation sites excluding steroid dienone is 4. The summed E-state index contributed by atoms with van der Waals surface area (Å²) in [6.07, 6.45) is 3.47. The molecule has 0 bridgehead atoms. The molecule has 0 saturated carbocycles. The monoisotopic (exact) mass is 271 g/mol. The molecule has 4 nitrogen and oxygen atoms in total. The maximum atomic E-state index is 9.96. The molecular weight excluding hydrogens is 250 g/mol. The molecule has 0 aliphatic heterocycles. The van der Waals surface area contributed by atoms with Gasteiger partial charge in [0.15, 0.2) is 0 Å². The topological polar surface area (TPSA) is 71.0 Å². The summed E-state index contributed by atoms with van der Waals surface area (Å²) in [6.45, 7) is 5.77. The summed E-state index contributed by atoms with van der Waals surface area (Å²) in [5.41, 5.74) is 9.46. The lowest BCUT2D eigenvalue weighted by atomic mass is 10.1. The van der Waals surface area contributed by atoms with Crippen LogP contribution in [0.3, 0.4) is 0 Å². The molecule has 0 unspecified atom stereocenters. The third-order valence-electron chi connectivity index (χ3n) is 2.58. The van der Waals surface area contributed by atoms with E-state index in [0.29, 0.717) is 22.7 Å². The molecule has 0 aliphatic carbocycles. The molecule has 0 saturated heterocycles. The van der Waals surface area contributed by atoms with Gasteiger partial charge in [0.05, 0.1) is 17.1 Å². The van der Waals surface area contributed by atoms with Gasteiger partial charge in [-0.1, -0.05) is 17.7 Å². The highest BCUT2D eigenvalue weighted by Crippen LogP contribution is 2.19. The molecular formula is C16H21N3O. The third kappa shape index (κ3) is 4.39. The largest absolute Gasteiger partial charge is 0.507 e. The van der Waals surface area contributed by atoms with Gasteiger partial charge in [0.1, 0.15) is 5.75 Å². The third-order valence-corrected chi connectivity index (χ3v) is 2.58. The average molecular weight is 271 g/mol. The Bertz CT molecular complexity index is 591. The second-order valence-electron chi connectivity index (χ2n) is 4.66. The number of hydrogen-bond donors (Lipinski definition) is 2. The predicted molar refractivity (Wildman–Crippen MR) is 85.4 cm³/mol. The highest BCUT2D eigenvalue weighted by atomic mass is 16.3. The van der Waals surface area contributed by atoms with Gasteiger partial charge < -0.3 is 10.8 Å². The van der Waals surface area contributed by atoms with Crippen molar-refractivity contribution in [3.8, 4) is 5.75 Å². The molecule has 1 rings (SSSR count). The van der Waals surface area contributed by atoms with Crippen LogP contribution in [0.1, 0.15) is 26.3 Å². The maximum absolute atomic E-state index is 9.96. The molecule has 0 heterocycles. The number of nitrogens with two attached hydrogens (primary N) is 1. The summed E-state index contributed by atoms with van der Waals surface area (Å²) in [7, 11) is 1.66. The van der Waals surface area contributed by atoms with Gasteiger partial charge in [-0.3, -0.25) is 9.98 Å². The van der Waals surface area contributed by atoms with E-state index in [1.165, 1.54) is 0 Å². The Balaban J connectivity index is 3.39. The van der Waals surface area contributed by atoms with E-state index >= 15 is 0 Å². The molecule has 0 atom stereocenters. The van der Waals surface area contributed by atoms with Crippen molar-refractivity contribution in [1.82, 2.24) is 0 Å². The quantitative estimate of drug-likeness (QED) is 0.826. The summed E-state index contributed by atoms with van der Waals surface area (Å²) in [4.78, 5) is 8.38. The fourth-order valence-corrected chi connectivity index (χ4v) is 1.61. The molecule has 0 fully saturated rings. The molecule has 1 aromatic rings. The number of benzene rings is 1. The zero-order chi connectivity index (χ0) is 15.1. The van der Waals surface area contributed by atoms with Crippen molar-refractivity contribution in [2.45, 2.75) is 20.8 Å². The van der Waals surface area contributed by atoms with E-state index in [9.17, 15) is 5.11 Å². The van der Waals surface area contributed by atoms with Crippen molar-refractivity contribution < 1.29 is 5.11 Å². The van der Waals surface area contributed by atoms with E-state index in [-0.39, 0.29) is 5.75 Å². The number of para-hydroxylation sites is 1. The van der Waals surface area contributed by atoms with Crippen molar-refractivity contribution in [1.29, 1.82) is 0 Å². The molecule has 106 valence electrons. The highest BCUT2D eigenvalue weighted by molar-refractivity contribution is 6.11. The normalized spacial score (nSPS) is 13.3. The van der Waals surface area contributed by atoms with Crippen LogP contribution in [0.25, 0.3) is 0 Å². The van der Waals surface area contributed by atoms with E-state index in [1.807, 2.05) is 39.0 Å². The van der Waals surface area contributed by atoms with Gasteiger partial charge in [0, 0.05) is 18.8 Å². The van der Waals surface area contributed by atoms with Crippen molar-refractivity contribution in [3.05, 3.63) is 52.9 Å². The van der Waals surface area contributed by atoms with Crippen molar-refractivity contribution in [2.24, 2.45) is 15.7 Å². The maximum Gasteiger partial charge on any atom is 0.124 e. The van der Waals surface area contributed by atoms with Crippen LogP contribution in [0.5, 0.6) is 5.75 Å². The second-order valence-corrected chi connectivity index (χ2v) is 4.66. The van der Waals surface area contributed by atoms with Gasteiger partial charge in [-0.15, -0.1) is 0 Å². The molecule has 0 spiro atoms. The summed E-state index contributed by atoms with van der Waals surface area (Å²) in [5, 5.41) is 9.96. The Kier molecular flexibility index (Phi) is 5.72. The van der Waals surface area contributed by atoms with Crippen molar-refractivity contribution >= 4 is 11.9 Å².